The lowest BCUT2D eigenvalue weighted by Crippen LogP contribution is -2.52. The van der Waals surface area contributed by atoms with Crippen LogP contribution in [0.4, 0.5) is 26.3 Å². The maximum absolute atomic E-state index is 12.6. The molecular formula is C26H29F6N3O6. The first-order chi connectivity index (χ1) is 19.1. The molecule has 1 aromatic carbocycles. The van der Waals surface area contributed by atoms with E-state index < -0.39 is 24.3 Å². The summed E-state index contributed by atoms with van der Waals surface area (Å²) in [7, 11) is 1.69. The Morgan fingerprint density at radius 3 is 1.88 bits per heavy atom. The molecule has 4 rings (SSSR count). The van der Waals surface area contributed by atoms with Crippen molar-refractivity contribution in [3.63, 3.8) is 0 Å². The number of piperidine rings is 1. The lowest BCUT2D eigenvalue weighted by molar-refractivity contribution is -0.193. The zero-order chi connectivity index (χ0) is 30.8. The van der Waals surface area contributed by atoms with Crippen LogP contribution in [0.25, 0.3) is 0 Å². The topological polar surface area (TPSA) is 120 Å². The number of hydrogen-bond acceptors (Lipinski definition) is 6. The Morgan fingerprint density at radius 1 is 0.902 bits per heavy atom. The van der Waals surface area contributed by atoms with Crippen LogP contribution in [0, 0.1) is 0 Å². The molecule has 2 aliphatic rings. The number of rotatable bonds is 5. The number of amides is 1. The Labute approximate surface area is 231 Å². The van der Waals surface area contributed by atoms with E-state index >= 15 is 0 Å². The van der Waals surface area contributed by atoms with Crippen molar-refractivity contribution in [2.75, 3.05) is 20.2 Å². The van der Waals surface area contributed by atoms with E-state index in [1.54, 1.807) is 13.3 Å². The highest BCUT2D eigenvalue weighted by Gasteiger charge is 2.46. The average Bonchev–Trinajstić information content (AvgIpc) is 3.20. The number of methoxy groups -OCH3 is 1. The van der Waals surface area contributed by atoms with Crippen molar-refractivity contribution in [3.05, 3.63) is 59.9 Å². The van der Waals surface area contributed by atoms with Crippen molar-refractivity contribution in [1.29, 1.82) is 0 Å². The summed E-state index contributed by atoms with van der Waals surface area (Å²) in [6, 6.07) is 12.3. The van der Waals surface area contributed by atoms with Gasteiger partial charge in [0.15, 0.2) is 0 Å². The first-order valence-corrected chi connectivity index (χ1v) is 12.2. The fourth-order valence-electron chi connectivity index (χ4n) is 4.44. The van der Waals surface area contributed by atoms with Crippen LogP contribution < -0.4 is 4.74 Å². The van der Waals surface area contributed by atoms with Crippen molar-refractivity contribution in [2.45, 2.75) is 56.7 Å². The van der Waals surface area contributed by atoms with E-state index in [-0.39, 0.29) is 5.54 Å². The van der Waals surface area contributed by atoms with E-state index in [0.717, 1.165) is 50.2 Å². The van der Waals surface area contributed by atoms with E-state index in [2.05, 4.69) is 33.0 Å². The van der Waals surface area contributed by atoms with Crippen LogP contribution in [0.15, 0.2) is 48.8 Å². The second-order valence-electron chi connectivity index (χ2n) is 9.30. The molecular weight excluding hydrogens is 564 g/mol. The van der Waals surface area contributed by atoms with E-state index in [1.165, 1.54) is 5.56 Å². The van der Waals surface area contributed by atoms with Crippen molar-refractivity contribution in [3.8, 4) is 5.75 Å². The Morgan fingerprint density at radius 2 is 1.44 bits per heavy atom. The smallest absolute Gasteiger partial charge is 0.490 e. The number of ether oxygens (including phenoxy) is 1. The lowest BCUT2D eigenvalue weighted by Gasteiger charge is -2.45. The molecule has 2 aliphatic heterocycles. The third-order valence-electron chi connectivity index (χ3n) is 6.58. The Kier molecular flexibility index (Phi) is 11.5. The second-order valence-corrected chi connectivity index (χ2v) is 9.30. The number of carbonyl (C=O) groups excluding carboxylic acids is 1. The molecule has 0 aliphatic carbocycles. The van der Waals surface area contributed by atoms with Crippen LogP contribution in [0.1, 0.15) is 36.8 Å². The molecule has 1 spiro atoms. The number of carboxylic acids is 2. The SMILES string of the molecule is COc1ccc(CN2CCC3(CCC(=O)N3Cc3cccnc3)CC2)cc1.O=C(O)C(F)(F)F.O=C(O)C(F)(F)F. The molecule has 2 saturated heterocycles. The maximum atomic E-state index is 12.6. The molecule has 3 heterocycles. The summed E-state index contributed by atoms with van der Waals surface area (Å²) in [5.74, 6) is -4.32. The van der Waals surface area contributed by atoms with Crippen molar-refractivity contribution in [2.24, 2.45) is 0 Å². The molecule has 2 fully saturated rings. The Bertz CT molecular complexity index is 1130. The number of hydrogen-bond donors (Lipinski definition) is 2. The molecule has 0 saturated carbocycles. The number of alkyl halides is 6. The molecule has 2 N–H and O–H groups in total. The first kappa shape index (κ1) is 33.3. The van der Waals surface area contributed by atoms with Crippen LogP contribution in [-0.4, -0.2) is 80.9 Å². The summed E-state index contributed by atoms with van der Waals surface area (Å²) in [4.78, 5) is 39.2. The number of carbonyl (C=O) groups is 3. The van der Waals surface area contributed by atoms with Gasteiger partial charge in [-0.05, 0) is 48.6 Å². The number of likely N-dealkylation sites (tertiary alicyclic amines) is 2. The summed E-state index contributed by atoms with van der Waals surface area (Å²) in [5, 5.41) is 14.2. The third-order valence-corrected chi connectivity index (χ3v) is 6.58. The minimum absolute atomic E-state index is 0.0311. The standard InChI is InChI=1S/C22H27N3O2.2C2HF3O2/c1-27-20-6-4-18(5-7-20)16-24-13-10-22(11-14-24)9-8-21(26)25(22)17-19-3-2-12-23-15-19;2*3-2(4,5)1(6)7/h2-7,12,15H,8-11,13-14,16-17H2,1H3;2*(H,6,7). The fourth-order valence-corrected chi connectivity index (χ4v) is 4.44. The van der Waals surface area contributed by atoms with Gasteiger partial charge in [0.2, 0.25) is 5.91 Å². The van der Waals surface area contributed by atoms with Gasteiger partial charge >= 0.3 is 24.3 Å². The summed E-state index contributed by atoms with van der Waals surface area (Å²) >= 11 is 0. The second kappa shape index (κ2) is 14.1. The third kappa shape index (κ3) is 10.2. The number of benzene rings is 1. The molecule has 1 amide bonds. The van der Waals surface area contributed by atoms with Gasteiger partial charge in [-0.3, -0.25) is 14.7 Å². The predicted octanol–water partition coefficient (Wildman–Crippen LogP) is 4.51. The quantitative estimate of drug-likeness (QED) is 0.486. The number of carboxylic acid groups (broad SMARTS) is 2. The monoisotopic (exact) mass is 593 g/mol. The summed E-state index contributed by atoms with van der Waals surface area (Å²) in [5.41, 5.74) is 2.46. The highest BCUT2D eigenvalue weighted by molar-refractivity contribution is 5.79. The zero-order valence-corrected chi connectivity index (χ0v) is 21.9. The summed E-state index contributed by atoms with van der Waals surface area (Å²) < 4.78 is 68.7. The Balaban J connectivity index is 0.000000349. The molecule has 0 unspecified atom stereocenters. The molecule has 0 radical (unpaired) electrons. The van der Waals surface area contributed by atoms with Gasteiger partial charge in [0.25, 0.3) is 0 Å². The van der Waals surface area contributed by atoms with Crippen LogP contribution in [-0.2, 0) is 27.5 Å². The van der Waals surface area contributed by atoms with Gasteiger partial charge in [0.05, 0.1) is 7.11 Å². The summed E-state index contributed by atoms with van der Waals surface area (Å²) in [6.45, 7) is 3.70. The highest BCUT2D eigenvalue weighted by Crippen LogP contribution is 2.40. The number of aromatic nitrogens is 1. The minimum atomic E-state index is -5.08. The number of nitrogens with zero attached hydrogens (tertiary/aromatic N) is 3. The van der Waals surface area contributed by atoms with Crippen molar-refractivity contribution in [1.82, 2.24) is 14.8 Å². The molecule has 1 aromatic heterocycles. The van der Waals surface area contributed by atoms with Gasteiger partial charge in [0, 0.05) is 50.5 Å². The lowest BCUT2D eigenvalue weighted by atomic mass is 9.84. The molecule has 0 bridgehead atoms. The number of halogens is 6. The largest absolute Gasteiger partial charge is 0.497 e. The number of aliphatic carboxylic acids is 2. The van der Waals surface area contributed by atoms with Gasteiger partial charge in [-0.2, -0.15) is 26.3 Å². The van der Waals surface area contributed by atoms with Gasteiger partial charge in [-0.1, -0.05) is 18.2 Å². The van der Waals surface area contributed by atoms with Gasteiger partial charge in [-0.25, -0.2) is 9.59 Å². The maximum Gasteiger partial charge on any atom is 0.490 e. The van der Waals surface area contributed by atoms with Gasteiger partial charge < -0.3 is 19.8 Å². The molecule has 15 heteroatoms. The highest BCUT2D eigenvalue weighted by atomic mass is 19.4. The minimum Gasteiger partial charge on any atom is -0.497 e. The van der Waals surface area contributed by atoms with Crippen LogP contribution >= 0.6 is 0 Å². The van der Waals surface area contributed by atoms with E-state index in [4.69, 9.17) is 24.5 Å². The summed E-state index contributed by atoms with van der Waals surface area (Å²) in [6.07, 6.45) is -2.74. The molecule has 0 atom stereocenters. The molecule has 2 aromatic rings. The van der Waals surface area contributed by atoms with E-state index in [9.17, 15) is 31.1 Å². The van der Waals surface area contributed by atoms with Gasteiger partial charge in [0.1, 0.15) is 5.75 Å². The van der Waals surface area contributed by atoms with Gasteiger partial charge in [-0.15, -0.1) is 0 Å². The van der Waals surface area contributed by atoms with Crippen LogP contribution in [0.3, 0.4) is 0 Å². The fraction of sp³-hybridized carbons (Fsp3) is 0.462. The van der Waals surface area contributed by atoms with Crippen LogP contribution in [0.5, 0.6) is 5.75 Å². The Hall–Kier alpha value is -3.88. The zero-order valence-electron chi connectivity index (χ0n) is 21.9. The molecule has 9 nitrogen and oxygen atoms in total. The van der Waals surface area contributed by atoms with Crippen LogP contribution in [0.2, 0.25) is 0 Å². The van der Waals surface area contributed by atoms with Crippen molar-refractivity contribution >= 4 is 17.8 Å². The van der Waals surface area contributed by atoms with E-state index in [1.807, 2.05) is 24.4 Å². The normalized spacial score (nSPS) is 16.8. The average molecular weight is 594 g/mol. The van der Waals surface area contributed by atoms with E-state index in [0.29, 0.717) is 18.9 Å². The number of pyridine rings is 1. The predicted molar refractivity (Wildman–Crippen MR) is 132 cm³/mol. The molecule has 41 heavy (non-hydrogen) atoms. The first-order valence-electron chi connectivity index (χ1n) is 12.2. The molecule has 226 valence electrons. The van der Waals surface area contributed by atoms with Crippen molar-refractivity contribution < 1.29 is 55.7 Å².